The third-order valence-corrected chi connectivity index (χ3v) is 4.13. The summed E-state index contributed by atoms with van der Waals surface area (Å²) in [4.78, 5) is 0. The van der Waals surface area contributed by atoms with Gasteiger partial charge < -0.3 is 10.4 Å². The zero-order valence-electron chi connectivity index (χ0n) is 11.8. The Morgan fingerprint density at radius 2 is 1.82 bits per heavy atom. The van der Waals surface area contributed by atoms with Crippen LogP contribution in [0.3, 0.4) is 0 Å². The van der Waals surface area contributed by atoms with Crippen molar-refractivity contribution in [3.63, 3.8) is 0 Å². The number of aliphatic hydroxyl groups excluding tert-OH is 1. The van der Waals surface area contributed by atoms with Crippen molar-refractivity contribution in [3.05, 3.63) is 70.5 Å². The average molecular weight is 307 g/mol. The van der Waals surface area contributed by atoms with Gasteiger partial charge >= 0.3 is 0 Å². The van der Waals surface area contributed by atoms with Gasteiger partial charge in [-0.3, -0.25) is 0 Å². The summed E-state index contributed by atoms with van der Waals surface area (Å²) in [7, 11) is 0. The molecule has 3 rings (SSSR count). The van der Waals surface area contributed by atoms with Crippen molar-refractivity contribution in [1.29, 1.82) is 0 Å². The van der Waals surface area contributed by atoms with E-state index in [0.717, 1.165) is 30.5 Å². The Kier molecular flexibility index (Phi) is 4.18. The number of benzene rings is 2. The third-order valence-electron chi connectivity index (χ3n) is 4.13. The maximum atomic E-state index is 13.4. The van der Waals surface area contributed by atoms with Crippen LogP contribution in [0.1, 0.15) is 35.2 Å². The SMILES string of the molecule is OCC(NC1CCc2ccccc21)c1cc(F)c(F)c(F)c1. The van der Waals surface area contributed by atoms with Crippen LogP contribution in [0, 0.1) is 17.5 Å². The van der Waals surface area contributed by atoms with E-state index in [1.54, 1.807) is 0 Å². The van der Waals surface area contributed by atoms with Crippen LogP contribution in [0.4, 0.5) is 13.2 Å². The molecule has 2 atom stereocenters. The number of hydrogen-bond acceptors (Lipinski definition) is 2. The van der Waals surface area contributed by atoms with Gasteiger partial charge in [0.05, 0.1) is 12.6 Å². The number of hydrogen-bond donors (Lipinski definition) is 2. The summed E-state index contributed by atoms with van der Waals surface area (Å²) >= 11 is 0. The smallest absolute Gasteiger partial charge is 0.194 e. The lowest BCUT2D eigenvalue weighted by molar-refractivity contribution is 0.232. The van der Waals surface area contributed by atoms with E-state index in [2.05, 4.69) is 5.32 Å². The standard InChI is InChI=1S/C17H16F3NO/c18-13-7-11(8-14(19)17(13)20)16(9-22)21-15-6-5-10-3-1-2-4-12(10)15/h1-4,7-8,15-16,21-22H,5-6,9H2. The topological polar surface area (TPSA) is 32.3 Å². The number of nitrogens with one attached hydrogen (secondary N) is 1. The first kappa shape index (κ1) is 15.1. The molecular weight excluding hydrogens is 291 g/mol. The summed E-state index contributed by atoms with van der Waals surface area (Å²) in [5.74, 6) is -3.99. The molecule has 116 valence electrons. The monoisotopic (exact) mass is 307 g/mol. The normalized spacial score (nSPS) is 18.3. The Balaban J connectivity index is 1.84. The van der Waals surface area contributed by atoms with Crippen LogP contribution >= 0.6 is 0 Å². The van der Waals surface area contributed by atoms with Gasteiger partial charge in [-0.15, -0.1) is 0 Å². The van der Waals surface area contributed by atoms with Crippen LogP contribution in [-0.4, -0.2) is 11.7 Å². The van der Waals surface area contributed by atoms with Crippen molar-refractivity contribution in [3.8, 4) is 0 Å². The molecule has 0 radical (unpaired) electrons. The molecule has 2 aromatic rings. The molecule has 0 aromatic heterocycles. The number of rotatable bonds is 4. The summed E-state index contributed by atoms with van der Waals surface area (Å²) in [6.45, 7) is -0.330. The van der Waals surface area contributed by atoms with Gasteiger partial charge in [-0.05, 0) is 41.7 Å². The van der Waals surface area contributed by atoms with Crippen LogP contribution in [0.2, 0.25) is 0 Å². The predicted molar refractivity (Wildman–Crippen MR) is 76.8 cm³/mol. The van der Waals surface area contributed by atoms with E-state index in [-0.39, 0.29) is 18.2 Å². The third kappa shape index (κ3) is 2.74. The largest absolute Gasteiger partial charge is 0.394 e. The summed E-state index contributed by atoms with van der Waals surface area (Å²) in [6, 6.07) is 9.15. The van der Waals surface area contributed by atoms with Crippen LogP contribution in [0.15, 0.2) is 36.4 Å². The molecule has 1 aliphatic rings. The van der Waals surface area contributed by atoms with Gasteiger partial charge in [0.2, 0.25) is 0 Å². The highest BCUT2D eigenvalue weighted by atomic mass is 19.2. The highest BCUT2D eigenvalue weighted by Gasteiger charge is 2.25. The van der Waals surface area contributed by atoms with Crippen LogP contribution in [-0.2, 0) is 6.42 Å². The van der Waals surface area contributed by atoms with Gasteiger partial charge in [-0.2, -0.15) is 0 Å². The van der Waals surface area contributed by atoms with Gasteiger partial charge in [-0.1, -0.05) is 24.3 Å². The minimum atomic E-state index is -1.49. The van der Waals surface area contributed by atoms with Crippen molar-refractivity contribution in [2.45, 2.75) is 24.9 Å². The molecule has 22 heavy (non-hydrogen) atoms. The van der Waals surface area contributed by atoms with Crippen molar-refractivity contribution in [1.82, 2.24) is 5.32 Å². The molecule has 2 nitrogen and oxygen atoms in total. The van der Waals surface area contributed by atoms with Gasteiger partial charge in [0.25, 0.3) is 0 Å². The van der Waals surface area contributed by atoms with Crippen LogP contribution < -0.4 is 5.32 Å². The number of halogens is 3. The predicted octanol–water partition coefficient (Wildman–Crippen LogP) is 3.41. The van der Waals surface area contributed by atoms with E-state index < -0.39 is 23.5 Å². The molecule has 2 aromatic carbocycles. The Hall–Kier alpha value is -1.85. The van der Waals surface area contributed by atoms with Crippen LogP contribution in [0.5, 0.6) is 0 Å². The molecule has 1 aliphatic carbocycles. The second-order valence-corrected chi connectivity index (χ2v) is 5.49. The highest BCUT2D eigenvalue weighted by Crippen LogP contribution is 2.33. The first-order chi connectivity index (χ1) is 10.6. The highest BCUT2D eigenvalue weighted by molar-refractivity contribution is 5.35. The summed E-state index contributed by atoms with van der Waals surface area (Å²) in [5, 5.41) is 12.7. The van der Waals surface area contributed by atoms with E-state index >= 15 is 0 Å². The maximum absolute atomic E-state index is 13.4. The Labute approximate surface area is 126 Å². The van der Waals surface area contributed by atoms with E-state index in [0.29, 0.717) is 0 Å². The maximum Gasteiger partial charge on any atom is 0.194 e. The lowest BCUT2D eigenvalue weighted by atomic mass is 10.0. The Bertz CT molecular complexity index is 666. The number of aryl methyl sites for hydroxylation is 1. The second kappa shape index (κ2) is 6.10. The van der Waals surface area contributed by atoms with Crippen molar-refractivity contribution >= 4 is 0 Å². The number of aliphatic hydroxyl groups is 1. The summed E-state index contributed by atoms with van der Waals surface area (Å²) in [5.41, 5.74) is 2.56. The Morgan fingerprint density at radius 1 is 1.14 bits per heavy atom. The van der Waals surface area contributed by atoms with Crippen molar-refractivity contribution in [2.75, 3.05) is 6.61 Å². The lowest BCUT2D eigenvalue weighted by Gasteiger charge is -2.22. The summed E-state index contributed by atoms with van der Waals surface area (Å²) in [6.07, 6.45) is 1.76. The van der Waals surface area contributed by atoms with E-state index in [1.165, 1.54) is 5.56 Å². The molecule has 0 fully saturated rings. The van der Waals surface area contributed by atoms with Gasteiger partial charge in [0.15, 0.2) is 17.5 Å². The lowest BCUT2D eigenvalue weighted by Crippen LogP contribution is -2.28. The molecule has 0 bridgehead atoms. The first-order valence-corrected chi connectivity index (χ1v) is 7.19. The quantitative estimate of drug-likeness (QED) is 0.848. The molecule has 0 aliphatic heterocycles. The molecule has 0 heterocycles. The molecule has 0 amide bonds. The molecule has 0 saturated heterocycles. The molecule has 2 unspecified atom stereocenters. The van der Waals surface area contributed by atoms with Crippen LogP contribution in [0.25, 0.3) is 0 Å². The van der Waals surface area contributed by atoms with Gasteiger partial charge in [0.1, 0.15) is 0 Å². The zero-order chi connectivity index (χ0) is 15.7. The molecule has 5 heteroatoms. The van der Waals surface area contributed by atoms with Gasteiger partial charge in [-0.25, -0.2) is 13.2 Å². The van der Waals surface area contributed by atoms with E-state index in [4.69, 9.17) is 0 Å². The zero-order valence-corrected chi connectivity index (χ0v) is 11.8. The van der Waals surface area contributed by atoms with Gasteiger partial charge in [0, 0.05) is 6.04 Å². The fourth-order valence-corrected chi connectivity index (χ4v) is 3.00. The fourth-order valence-electron chi connectivity index (χ4n) is 3.00. The molecule has 0 saturated carbocycles. The fraction of sp³-hybridized carbons (Fsp3) is 0.294. The average Bonchev–Trinajstić information content (AvgIpc) is 2.93. The first-order valence-electron chi connectivity index (χ1n) is 7.19. The second-order valence-electron chi connectivity index (χ2n) is 5.49. The minimum absolute atomic E-state index is 0.00419. The Morgan fingerprint density at radius 3 is 2.50 bits per heavy atom. The van der Waals surface area contributed by atoms with Crippen molar-refractivity contribution in [2.24, 2.45) is 0 Å². The molecule has 2 N–H and O–H groups in total. The minimum Gasteiger partial charge on any atom is -0.394 e. The molecular formula is C17H16F3NO. The van der Waals surface area contributed by atoms with E-state index in [1.807, 2.05) is 24.3 Å². The number of fused-ring (bicyclic) bond motifs is 1. The molecule has 0 spiro atoms. The van der Waals surface area contributed by atoms with Crippen molar-refractivity contribution < 1.29 is 18.3 Å². The van der Waals surface area contributed by atoms with E-state index in [9.17, 15) is 18.3 Å². The summed E-state index contributed by atoms with van der Waals surface area (Å²) < 4.78 is 39.8.